The van der Waals surface area contributed by atoms with E-state index in [1.165, 1.54) is 17.7 Å². The van der Waals surface area contributed by atoms with E-state index in [-0.39, 0.29) is 5.41 Å². The summed E-state index contributed by atoms with van der Waals surface area (Å²) in [6.07, 6.45) is 3.49. The second-order valence-corrected chi connectivity index (χ2v) is 6.53. The highest BCUT2D eigenvalue weighted by molar-refractivity contribution is 9.09. The first-order chi connectivity index (χ1) is 7.24. The van der Waals surface area contributed by atoms with E-state index in [0.717, 1.165) is 29.3 Å². The van der Waals surface area contributed by atoms with Crippen molar-refractivity contribution < 1.29 is 4.74 Å². The van der Waals surface area contributed by atoms with Gasteiger partial charge < -0.3 is 4.74 Å². The quantitative estimate of drug-likeness (QED) is 0.763. The van der Waals surface area contributed by atoms with E-state index < -0.39 is 0 Å². The first kappa shape index (κ1) is 11.9. The summed E-state index contributed by atoms with van der Waals surface area (Å²) >= 11 is 11.3. The summed E-state index contributed by atoms with van der Waals surface area (Å²) in [6.45, 7) is 1.79. The monoisotopic (exact) mass is 308 g/mol. The van der Waals surface area contributed by atoms with Gasteiger partial charge in [0.15, 0.2) is 0 Å². The van der Waals surface area contributed by atoms with Crippen LogP contribution in [0.1, 0.15) is 17.7 Å². The van der Waals surface area contributed by atoms with Gasteiger partial charge in [0, 0.05) is 22.2 Å². The topological polar surface area (TPSA) is 9.23 Å². The van der Waals surface area contributed by atoms with Crippen LogP contribution in [0.5, 0.6) is 0 Å². The average molecular weight is 310 g/mol. The Labute approximate surface area is 108 Å². The van der Waals surface area contributed by atoms with Gasteiger partial charge in [-0.1, -0.05) is 27.5 Å². The Bertz CT molecular complexity index is 320. The summed E-state index contributed by atoms with van der Waals surface area (Å²) in [7, 11) is 0. The Balaban J connectivity index is 2.06. The van der Waals surface area contributed by atoms with E-state index in [4.69, 9.17) is 16.3 Å². The van der Waals surface area contributed by atoms with E-state index >= 15 is 0 Å². The van der Waals surface area contributed by atoms with Crippen molar-refractivity contribution >= 4 is 38.9 Å². The summed E-state index contributed by atoms with van der Waals surface area (Å²) in [5.74, 6) is 0. The molecule has 1 saturated heterocycles. The first-order valence-corrected chi connectivity index (χ1v) is 7.44. The van der Waals surface area contributed by atoms with Crippen molar-refractivity contribution in [3.63, 3.8) is 0 Å². The van der Waals surface area contributed by atoms with Crippen LogP contribution in [0.15, 0.2) is 12.1 Å². The van der Waals surface area contributed by atoms with E-state index in [0.29, 0.717) is 0 Å². The van der Waals surface area contributed by atoms with Crippen LogP contribution in [0, 0.1) is 5.41 Å². The standard InChI is InChI=1S/C11H14BrClOS/c12-7-11(4-1-5-14-8-11)6-9-2-3-10(13)15-9/h2-3H,1,4-8H2. The highest BCUT2D eigenvalue weighted by atomic mass is 79.9. The van der Waals surface area contributed by atoms with Crippen molar-refractivity contribution in [1.29, 1.82) is 0 Å². The molecular weight excluding hydrogens is 296 g/mol. The predicted octanol–water partition coefficient (Wildman–Crippen LogP) is 4.14. The lowest BCUT2D eigenvalue weighted by Gasteiger charge is -2.35. The highest BCUT2D eigenvalue weighted by Crippen LogP contribution is 2.36. The number of hydrogen-bond donors (Lipinski definition) is 0. The number of thiophene rings is 1. The minimum absolute atomic E-state index is 0.284. The zero-order chi connectivity index (χ0) is 10.7. The van der Waals surface area contributed by atoms with Gasteiger partial charge in [0.2, 0.25) is 0 Å². The molecule has 0 N–H and O–H groups in total. The Morgan fingerprint density at radius 3 is 2.93 bits per heavy atom. The maximum Gasteiger partial charge on any atom is 0.0931 e. The number of rotatable bonds is 3. The molecule has 0 radical (unpaired) electrons. The van der Waals surface area contributed by atoms with Crippen molar-refractivity contribution in [3.05, 3.63) is 21.3 Å². The molecule has 1 atom stereocenters. The molecule has 2 heterocycles. The molecule has 2 rings (SSSR count). The molecule has 1 fully saturated rings. The second kappa shape index (κ2) is 5.17. The van der Waals surface area contributed by atoms with Gasteiger partial charge in [0.05, 0.1) is 10.9 Å². The zero-order valence-electron chi connectivity index (χ0n) is 8.47. The molecule has 84 valence electrons. The third-order valence-electron chi connectivity index (χ3n) is 2.87. The van der Waals surface area contributed by atoms with Crippen LogP contribution in [0.3, 0.4) is 0 Å². The molecule has 1 aliphatic rings. The van der Waals surface area contributed by atoms with Gasteiger partial charge >= 0.3 is 0 Å². The van der Waals surface area contributed by atoms with Gasteiger partial charge in [-0.15, -0.1) is 11.3 Å². The number of hydrogen-bond acceptors (Lipinski definition) is 2. The summed E-state index contributed by atoms with van der Waals surface area (Å²) in [4.78, 5) is 1.37. The van der Waals surface area contributed by atoms with Crippen molar-refractivity contribution in [2.75, 3.05) is 18.5 Å². The lowest BCUT2D eigenvalue weighted by Crippen LogP contribution is -2.35. The fraction of sp³-hybridized carbons (Fsp3) is 0.636. The smallest absolute Gasteiger partial charge is 0.0931 e. The molecule has 0 amide bonds. The van der Waals surface area contributed by atoms with Crippen molar-refractivity contribution in [1.82, 2.24) is 0 Å². The van der Waals surface area contributed by atoms with E-state index in [1.54, 1.807) is 11.3 Å². The molecule has 1 aliphatic heterocycles. The molecule has 1 nitrogen and oxygen atoms in total. The molecule has 1 aromatic heterocycles. The molecule has 0 spiro atoms. The van der Waals surface area contributed by atoms with Crippen molar-refractivity contribution in [3.8, 4) is 0 Å². The summed E-state index contributed by atoms with van der Waals surface area (Å²) in [5.41, 5.74) is 0.284. The summed E-state index contributed by atoms with van der Waals surface area (Å²) in [5, 5.41) is 1.01. The Kier molecular flexibility index (Phi) is 4.10. The largest absolute Gasteiger partial charge is 0.381 e. The third-order valence-corrected chi connectivity index (χ3v) is 5.29. The summed E-state index contributed by atoms with van der Waals surface area (Å²) < 4.78 is 6.48. The van der Waals surface area contributed by atoms with Crippen LogP contribution in [-0.4, -0.2) is 18.5 Å². The van der Waals surface area contributed by atoms with Gasteiger partial charge in [-0.2, -0.15) is 0 Å². The fourth-order valence-electron chi connectivity index (χ4n) is 2.02. The molecule has 0 aromatic carbocycles. The minimum atomic E-state index is 0.284. The molecular formula is C11H14BrClOS. The van der Waals surface area contributed by atoms with E-state index in [1.807, 2.05) is 6.07 Å². The van der Waals surface area contributed by atoms with Crippen LogP contribution >= 0.6 is 38.9 Å². The Morgan fingerprint density at radius 2 is 2.40 bits per heavy atom. The molecule has 0 saturated carbocycles. The van der Waals surface area contributed by atoms with Crippen LogP contribution in [0.25, 0.3) is 0 Å². The highest BCUT2D eigenvalue weighted by Gasteiger charge is 2.32. The molecule has 0 aliphatic carbocycles. The van der Waals surface area contributed by atoms with E-state index in [9.17, 15) is 0 Å². The van der Waals surface area contributed by atoms with Crippen LogP contribution in [0.2, 0.25) is 4.34 Å². The first-order valence-electron chi connectivity index (χ1n) is 5.12. The third kappa shape index (κ3) is 2.96. The van der Waals surface area contributed by atoms with Gasteiger partial charge in [-0.05, 0) is 31.4 Å². The molecule has 1 unspecified atom stereocenters. The average Bonchev–Trinajstić information content (AvgIpc) is 2.65. The fourth-order valence-corrected chi connectivity index (χ4v) is 3.92. The normalized spacial score (nSPS) is 26.8. The Hall–Kier alpha value is 0.430. The van der Waals surface area contributed by atoms with Crippen LogP contribution in [0.4, 0.5) is 0 Å². The number of alkyl halides is 1. The lowest BCUT2D eigenvalue weighted by atomic mass is 9.81. The van der Waals surface area contributed by atoms with Gasteiger partial charge in [-0.3, -0.25) is 0 Å². The maximum atomic E-state index is 5.94. The van der Waals surface area contributed by atoms with Crippen LogP contribution in [-0.2, 0) is 11.2 Å². The van der Waals surface area contributed by atoms with Gasteiger partial charge in [-0.25, -0.2) is 0 Å². The molecule has 1 aromatic rings. The maximum absolute atomic E-state index is 5.94. The second-order valence-electron chi connectivity index (χ2n) is 4.17. The van der Waals surface area contributed by atoms with Crippen molar-refractivity contribution in [2.45, 2.75) is 19.3 Å². The lowest BCUT2D eigenvalue weighted by molar-refractivity contribution is 0.00655. The molecule has 15 heavy (non-hydrogen) atoms. The SMILES string of the molecule is Clc1ccc(CC2(CBr)CCCOC2)s1. The predicted molar refractivity (Wildman–Crippen MR) is 69.3 cm³/mol. The zero-order valence-corrected chi connectivity index (χ0v) is 11.6. The number of halogens is 2. The Morgan fingerprint density at radius 1 is 1.53 bits per heavy atom. The van der Waals surface area contributed by atoms with E-state index in [2.05, 4.69) is 22.0 Å². The number of ether oxygens (including phenoxy) is 1. The molecule has 0 bridgehead atoms. The van der Waals surface area contributed by atoms with Gasteiger partial charge in [0.1, 0.15) is 0 Å². The minimum Gasteiger partial charge on any atom is -0.381 e. The molecule has 4 heteroatoms. The van der Waals surface area contributed by atoms with Crippen LogP contribution < -0.4 is 0 Å². The van der Waals surface area contributed by atoms with Crippen molar-refractivity contribution in [2.24, 2.45) is 5.41 Å². The van der Waals surface area contributed by atoms with Gasteiger partial charge in [0.25, 0.3) is 0 Å². The summed E-state index contributed by atoms with van der Waals surface area (Å²) in [6, 6.07) is 4.11.